The zero-order valence-electron chi connectivity index (χ0n) is 8.83. The van der Waals surface area contributed by atoms with E-state index in [-0.39, 0.29) is 0 Å². The van der Waals surface area contributed by atoms with Gasteiger partial charge in [-0.05, 0) is 36.3 Å². The van der Waals surface area contributed by atoms with Gasteiger partial charge in [-0.3, -0.25) is 0 Å². The summed E-state index contributed by atoms with van der Waals surface area (Å²) in [6, 6.07) is 2.42. The molecule has 15 heavy (non-hydrogen) atoms. The lowest BCUT2D eigenvalue weighted by Gasteiger charge is -2.15. The van der Waals surface area contributed by atoms with E-state index in [2.05, 4.69) is 17.6 Å². The first-order valence-corrected chi connectivity index (χ1v) is 6.56. The van der Waals surface area contributed by atoms with Crippen LogP contribution in [0.2, 0.25) is 4.34 Å². The third-order valence-electron chi connectivity index (χ3n) is 2.82. The van der Waals surface area contributed by atoms with Gasteiger partial charge in [-0.2, -0.15) is 0 Å². The first-order chi connectivity index (χ1) is 7.25. The summed E-state index contributed by atoms with van der Waals surface area (Å²) in [6.07, 6.45) is 1.18. The van der Waals surface area contributed by atoms with Crippen molar-refractivity contribution in [1.82, 2.24) is 5.32 Å². The van der Waals surface area contributed by atoms with E-state index in [1.54, 1.807) is 11.3 Å². The molecule has 1 aliphatic rings. The molecule has 0 saturated carbocycles. The lowest BCUT2D eigenvalue weighted by Crippen LogP contribution is -2.25. The lowest BCUT2D eigenvalue weighted by molar-refractivity contribution is 0.184. The number of nitrogens with one attached hydrogen (secondary N) is 1. The van der Waals surface area contributed by atoms with Crippen molar-refractivity contribution in [2.75, 3.05) is 19.8 Å². The molecule has 1 N–H and O–H groups in total. The predicted octanol–water partition coefficient (Wildman–Crippen LogP) is 3.09. The largest absolute Gasteiger partial charge is 0.381 e. The lowest BCUT2D eigenvalue weighted by atomic mass is 10.1. The molecule has 1 fully saturated rings. The second kappa shape index (κ2) is 5.30. The summed E-state index contributed by atoms with van der Waals surface area (Å²) >= 11 is 7.49. The van der Waals surface area contributed by atoms with Crippen LogP contribution < -0.4 is 5.32 Å². The van der Waals surface area contributed by atoms with Crippen molar-refractivity contribution in [3.8, 4) is 0 Å². The summed E-state index contributed by atoms with van der Waals surface area (Å²) in [5, 5.41) is 5.64. The summed E-state index contributed by atoms with van der Waals surface area (Å²) in [5.41, 5.74) is 1.28. The standard InChI is InChI=1S/C11H16ClNOS/c1-8(10-4-11(12)15-7-10)13-5-9-2-3-14-6-9/h4,7-9,13H,2-3,5-6H2,1H3. The average Bonchev–Trinajstić information content (AvgIpc) is 2.84. The monoisotopic (exact) mass is 245 g/mol. The van der Waals surface area contributed by atoms with Crippen LogP contribution in [0.4, 0.5) is 0 Å². The molecule has 0 bridgehead atoms. The van der Waals surface area contributed by atoms with Gasteiger partial charge in [-0.15, -0.1) is 11.3 Å². The summed E-state index contributed by atoms with van der Waals surface area (Å²) in [7, 11) is 0. The third-order valence-corrected chi connectivity index (χ3v) is 3.93. The van der Waals surface area contributed by atoms with Crippen molar-refractivity contribution in [3.63, 3.8) is 0 Å². The molecular formula is C11H16ClNOS. The molecule has 2 rings (SSSR count). The van der Waals surface area contributed by atoms with Crippen LogP contribution in [0.15, 0.2) is 11.4 Å². The second-order valence-electron chi connectivity index (χ2n) is 4.04. The van der Waals surface area contributed by atoms with Gasteiger partial charge in [0.05, 0.1) is 10.9 Å². The van der Waals surface area contributed by atoms with Gasteiger partial charge in [0.15, 0.2) is 0 Å². The van der Waals surface area contributed by atoms with Crippen LogP contribution in [0.1, 0.15) is 24.9 Å². The van der Waals surface area contributed by atoms with Gasteiger partial charge in [0.25, 0.3) is 0 Å². The molecule has 1 saturated heterocycles. The molecule has 1 aromatic rings. The summed E-state index contributed by atoms with van der Waals surface area (Å²) in [4.78, 5) is 0. The summed E-state index contributed by atoms with van der Waals surface area (Å²) < 4.78 is 6.20. The van der Waals surface area contributed by atoms with Crippen molar-refractivity contribution < 1.29 is 4.74 Å². The van der Waals surface area contributed by atoms with Crippen LogP contribution in [0.3, 0.4) is 0 Å². The van der Waals surface area contributed by atoms with Gasteiger partial charge in [0.1, 0.15) is 0 Å². The van der Waals surface area contributed by atoms with Gasteiger partial charge < -0.3 is 10.1 Å². The maximum Gasteiger partial charge on any atom is 0.0931 e. The number of halogens is 1. The van der Waals surface area contributed by atoms with Crippen molar-refractivity contribution in [2.24, 2.45) is 5.92 Å². The molecule has 0 aromatic carbocycles. The minimum Gasteiger partial charge on any atom is -0.381 e. The molecule has 4 heteroatoms. The normalized spacial score (nSPS) is 23.2. The Hall–Kier alpha value is -0.0900. The Morgan fingerprint density at radius 3 is 3.20 bits per heavy atom. The van der Waals surface area contributed by atoms with Crippen LogP contribution >= 0.6 is 22.9 Å². The quantitative estimate of drug-likeness (QED) is 0.880. The van der Waals surface area contributed by atoms with E-state index in [4.69, 9.17) is 16.3 Å². The topological polar surface area (TPSA) is 21.3 Å². The number of ether oxygens (including phenoxy) is 1. The average molecular weight is 246 g/mol. The zero-order valence-corrected chi connectivity index (χ0v) is 10.4. The SMILES string of the molecule is CC(NCC1CCOC1)c1csc(Cl)c1. The highest BCUT2D eigenvalue weighted by Gasteiger charge is 2.16. The van der Waals surface area contributed by atoms with Gasteiger partial charge in [-0.25, -0.2) is 0 Å². The third kappa shape index (κ3) is 3.18. The Kier molecular flexibility index (Phi) is 4.03. The molecule has 84 valence electrons. The Balaban J connectivity index is 1.79. The molecule has 0 spiro atoms. The molecule has 0 aliphatic carbocycles. The van der Waals surface area contributed by atoms with Crippen LogP contribution in [0, 0.1) is 5.92 Å². The van der Waals surface area contributed by atoms with Crippen molar-refractivity contribution >= 4 is 22.9 Å². The highest BCUT2D eigenvalue weighted by Crippen LogP contribution is 2.24. The van der Waals surface area contributed by atoms with Crippen LogP contribution in [0.5, 0.6) is 0 Å². The number of rotatable bonds is 4. The summed E-state index contributed by atoms with van der Waals surface area (Å²) in [6.45, 7) is 5.04. The first kappa shape index (κ1) is 11.4. The van der Waals surface area contributed by atoms with Crippen LogP contribution in [-0.2, 0) is 4.74 Å². The molecule has 2 atom stereocenters. The van der Waals surface area contributed by atoms with E-state index in [9.17, 15) is 0 Å². The fourth-order valence-electron chi connectivity index (χ4n) is 1.76. The Bertz CT molecular complexity index is 309. The minimum absolute atomic E-state index is 0.384. The highest BCUT2D eigenvalue weighted by atomic mass is 35.5. The van der Waals surface area contributed by atoms with Crippen molar-refractivity contribution in [3.05, 3.63) is 21.3 Å². The van der Waals surface area contributed by atoms with Crippen LogP contribution in [-0.4, -0.2) is 19.8 Å². The molecule has 2 heterocycles. The van der Waals surface area contributed by atoms with Gasteiger partial charge >= 0.3 is 0 Å². The van der Waals surface area contributed by atoms with E-state index in [1.807, 2.05) is 6.07 Å². The van der Waals surface area contributed by atoms with E-state index in [0.29, 0.717) is 12.0 Å². The Morgan fingerprint density at radius 2 is 2.60 bits per heavy atom. The molecule has 1 aromatic heterocycles. The molecule has 0 radical (unpaired) electrons. The van der Waals surface area contributed by atoms with E-state index in [0.717, 1.165) is 24.1 Å². The maximum absolute atomic E-state index is 5.90. The zero-order chi connectivity index (χ0) is 10.7. The summed E-state index contributed by atoms with van der Waals surface area (Å²) in [5.74, 6) is 0.682. The molecule has 2 unspecified atom stereocenters. The van der Waals surface area contributed by atoms with E-state index < -0.39 is 0 Å². The van der Waals surface area contributed by atoms with E-state index >= 15 is 0 Å². The highest BCUT2D eigenvalue weighted by molar-refractivity contribution is 7.14. The predicted molar refractivity (Wildman–Crippen MR) is 64.7 cm³/mol. The van der Waals surface area contributed by atoms with E-state index in [1.165, 1.54) is 12.0 Å². The van der Waals surface area contributed by atoms with Crippen molar-refractivity contribution in [2.45, 2.75) is 19.4 Å². The number of hydrogen-bond acceptors (Lipinski definition) is 3. The molecular weight excluding hydrogens is 230 g/mol. The van der Waals surface area contributed by atoms with Gasteiger partial charge in [-0.1, -0.05) is 11.6 Å². The second-order valence-corrected chi connectivity index (χ2v) is 5.59. The number of hydrogen-bond donors (Lipinski definition) is 1. The maximum atomic E-state index is 5.90. The fourth-order valence-corrected chi connectivity index (χ4v) is 2.74. The number of thiophene rings is 1. The van der Waals surface area contributed by atoms with Gasteiger partial charge in [0, 0.05) is 19.2 Å². The Morgan fingerprint density at radius 1 is 1.73 bits per heavy atom. The smallest absolute Gasteiger partial charge is 0.0931 e. The van der Waals surface area contributed by atoms with Gasteiger partial charge in [0.2, 0.25) is 0 Å². The molecule has 2 nitrogen and oxygen atoms in total. The van der Waals surface area contributed by atoms with Crippen molar-refractivity contribution in [1.29, 1.82) is 0 Å². The Labute approximate surface area is 99.6 Å². The fraction of sp³-hybridized carbons (Fsp3) is 0.636. The van der Waals surface area contributed by atoms with Crippen LogP contribution in [0.25, 0.3) is 0 Å². The first-order valence-electron chi connectivity index (χ1n) is 5.31. The minimum atomic E-state index is 0.384. The molecule has 0 amide bonds. The molecule has 1 aliphatic heterocycles.